The van der Waals surface area contributed by atoms with Gasteiger partial charge >= 0.3 is 11.9 Å². The largest absolute Gasteiger partial charge is 0.481 e. The van der Waals surface area contributed by atoms with Crippen molar-refractivity contribution in [2.24, 2.45) is 5.92 Å². The van der Waals surface area contributed by atoms with Crippen LogP contribution in [0.2, 0.25) is 0 Å². The van der Waals surface area contributed by atoms with Gasteiger partial charge in [0.05, 0.1) is 19.6 Å². The van der Waals surface area contributed by atoms with E-state index in [1.807, 2.05) is 0 Å². The third-order valence-corrected chi connectivity index (χ3v) is 7.74. The van der Waals surface area contributed by atoms with Crippen LogP contribution in [0, 0.1) is 5.92 Å². The summed E-state index contributed by atoms with van der Waals surface area (Å²) in [7, 11) is 0. The first-order valence-electron chi connectivity index (χ1n) is 13.7. The third-order valence-electron chi connectivity index (χ3n) is 7.74. The average molecular weight is 621 g/mol. The normalized spacial score (nSPS) is 35.0. The monoisotopic (exact) mass is 620 g/mol. The number of benzene rings is 1. The van der Waals surface area contributed by atoms with E-state index >= 15 is 0 Å². The predicted molar refractivity (Wildman–Crippen MR) is 140 cm³/mol. The van der Waals surface area contributed by atoms with Gasteiger partial charge in [-0.15, -0.1) is 0 Å². The maximum absolute atomic E-state index is 13.5. The van der Waals surface area contributed by atoms with E-state index in [-0.39, 0.29) is 18.8 Å². The molecule has 2 fully saturated rings. The summed E-state index contributed by atoms with van der Waals surface area (Å²) >= 11 is 0. The molecule has 0 spiro atoms. The van der Waals surface area contributed by atoms with E-state index in [4.69, 9.17) is 23.7 Å². The van der Waals surface area contributed by atoms with E-state index in [0.29, 0.717) is 5.56 Å². The molecule has 0 aliphatic carbocycles. The minimum Gasteiger partial charge on any atom is -0.481 e. The van der Waals surface area contributed by atoms with Crippen LogP contribution in [0.1, 0.15) is 32.3 Å². The Kier molecular flexibility index (Phi) is 12.2. The fourth-order valence-corrected chi connectivity index (χ4v) is 4.81. The van der Waals surface area contributed by atoms with E-state index in [9.17, 15) is 55.5 Å². The topological polar surface area (TPSA) is 262 Å². The van der Waals surface area contributed by atoms with Crippen LogP contribution >= 0.6 is 0 Å². The van der Waals surface area contributed by atoms with Crippen LogP contribution in [-0.2, 0) is 35.1 Å². The molecule has 0 amide bonds. The van der Waals surface area contributed by atoms with Crippen LogP contribution in [0.25, 0.3) is 0 Å². The zero-order chi connectivity index (χ0) is 32.1. The number of esters is 1. The lowest BCUT2D eigenvalue weighted by Gasteiger charge is -2.44. The first-order chi connectivity index (χ1) is 20.3. The van der Waals surface area contributed by atoms with E-state index in [1.54, 1.807) is 6.92 Å². The second kappa shape index (κ2) is 15.0. The number of carboxylic acid groups (broad SMARTS) is 1. The molecule has 3 rings (SSSR count). The molecule has 2 aliphatic heterocycles. The molecule has 16 nitrogen and oxygen atoms in total. The molecular weight excluding hydrogens is 580 g/mol. The van der Waals surface area contributed by atoms with Gasteiger partial charge in [-0.3, -0.25) is 4.79 Å². The zero-order valence-corrected chi connectivity index (χ0v) is 23.6. The van der Waals surface area contributed by atoms with Crippen molar-refractivity contribution < 1.29 is 79.2 Å². The number of aliphatic hydroxyl groups excluding tert-OH is 8. The van der Waals surface area contributed by atoms with Crippen molar-refractivity contribution in [3.05, 3.63) is 29.8 Å². The highest BCUT2D eigenvalue weighted by Crippen LogP contribution is 2.36. The van der Waals surface area contributed by atoms with Gasteiger partial charge in [0.2, 0.25) is 6.29 Å². The Bertz CT molecular complexity index is 1050. The van der Waals surface area contributed by atoms with Crippen molar-refractivity contribution in [3.8, 4) is 5.75 Å². The van der Waals surface area contributed by atoms with E-state index in [1.165, 1.54) is 31.2 Å². The molecule has 43 heavy (non-hydrogen) atoms. The van der Waals surface area contributed by atoms with Crippen LogP contribution < -0.4 is 4.74 Å². The quantitative estimate of drug-likeness (QED) is 0.0994. The summed E-state index contributed by atoms with van der Waals surface area (Å²) < 4.78 is 27.4. The molecule has 2 saturated heterocycles. The Morgan fingerprint density at radius 2 is 1.35 bits per heavy atom. The zero-order valence-electron chi connectivity index (χ0n) is 23.6. The summed E-state index contributed by atoms with van der Waals surface area (Å²) in [5, 5.41) is 89.2. The molecule has 1 aromatic carbocycles. The van der Waals surface area contributed by atoms with Gasteiger partial charge < -0.3 is 69.6 Å². The summed E-state index contributed by atoms with van der Waals surface area (Å²) in [5.41, 5.74) is -1.80. The Hall–Kier alpha value is -2.48. The molecular formula is C27H40O16. The number of hydrogen-bond donors (Lipinski definition) is 9. The molecule has 12 atom stereocenters. The number of aliphatic carboxylic acids is 1. The number of carbonyl (C=O) groups is 2. The van der Waals surface area contributed by atoms with E-state index < -0.39 is 105 Å². The van der Waals surface area contributed by atoms with Crippen molar-refractivity contribution in [2.75, 3.05) is 13.2 Å². The first kappa shape index (κ1) is 35.0. The molecule has 0 radical (unpaired) electrons. The first-order valence-corrected chi connectivity index (χ1v) is 13.7. The smallest absolute Gasteiger partial charge is 0.339 e. The fraction of sp³-hybridized carbons (Fsp3) is 0.704. The van der Waals surface area contributed by atoms with Gasteiger partial charge in [0.15, 0.2) is 11.9 Å². The molecule has 244 valence electrons. The van der Waals surface area contributed by atoms with Crippen molar-refractivity contribution in [2.45, 2.75) is 100 Å². The summed E-state index contributed by atoms with van der Waals surface area (Å²) in [6, 6.07) is 5.81. The summed E-state index contributed by atoms with van der Waals surface area (Å²) in [6.07, 6.45) is -16.6. The number of rotatable bonds is 13. The van der Waals surface area contributed by atoms with Crippen LogP contribution in [0.5, 0.6) is 5.75 Å². The number of hydrogen-bond acceptors (Lipinski definition) is 15. The molecule has 0 saturated carbocycles. The van der Waals surface area contributed by atoms with Gasteiger partial charge in [-0.1, -0.05) is 32.4 Å². The maximum atomic E-state index is 13.5. The molecule has 1 aromatic rings. The minimum absolute atomic E-state index is 0.158. The Balaban J connectivity index is 1.74. The predicted octanol–water partition coefficient (Wildman–Crippen LogP) is -3.02. The van der Waals surface area contributed by atoms with Gasteiger partial charge in [0.1, 0.15) is 61.2 Å². The SMILES string of the molecule is CC[C@@H](C)[C@](CC(=O)O)(O[C@@H]1O[C@H](CO)[C@@H](O)[C@H](O)[C@H]1O)C(=O)OCc1ccc(O[C@@H]2O[C@H](CO)[C@@H](O)[C@H](O)[C@H]2O)cc1. The fourth-order valence-electron chi connectivity index (χ4n) is 4.81. The van der Waals surface area contributed by atoms with Crippen LogP contribution in [-0.4, -0.2) is 138 Å². The number of aliphatic hydroxyl groups is 8. The van der Waals surface area contributed by atoms with Crippen LogP contribution in [0.3, 0.4) is 0 Å². The summed E-state index contributed by atoms with van der Waals surface area (Å²) in [5.74, 6) is -3.19. The molecule has 2 heterocycles. The lowest BCUT2D eigenvalue weighted by atomic mass is 9.83. The Morgan fingerprint density at radius 3 is 1.84 bits per heavy atom. The second-order valence-corrected chi connectivity index (χ2v) is 10.6. The average Bonchev–Trinajstić information content (AvgIpc) is 2.99. The molecule has 2 aliphatic rings. The Labute approximate surface area is 246 Å². The maximum Gasteiger partial charge on any atom is 0.339 e. The third kappa shape index (κ3) is 7.79. The highest BCUT2D eigenvalue weighted by molar-refractivity contribution is 5.85. The van der Waals surface area contributed by atoms with Gasteiger partial charge in [-0.25, -0.2) is 4.79 Å². The second-order valence-electron chi connectivity index (χ2n) is 10.6. The van der Waals surface area contributed by atoms with Crippen molar-refractivity contribution >= 4 is 11.9 Å². The molecule has 0 aromatic heterocycles. The molecule has 0 unspecified atom stereocenters. The van der Waals surface area contributed by atoms with E-state index in [0.717, 1.165) is 0 Å². The van der Waals surface area contributed by atoms with Crippen molar-refractivity contribution in [1.82, 2.24) is 0 Å². The van der Waals surface area contributed by atoms with Crippen LogP contribution in [0.15, 0.2) is 24.3 Å². The lowest BCUT2D eigenvalue weighted by molar-refractivity contribution is -0.330. The Morgan fingerprint density at radius 1 is 0.837 bits per heavy atom. The van der Waals surface area contributed by atoms with Crippen LogP contribution in [0.4, 0.5) is 0 Å². The number of carbonyl (C=O) groups excluding carboxylic acids is 1. The van der Waals surface area contributed by atoms with Gasteiger partial charge in [0, 0.05) is 0 Å². The molecule has 16 heteroatoms. The number of carboxylic acids is 1. The number of ether oxygens (including phenoxy) is 5. The van der Waals surface area contributed by atoms with Gasteiger partial charge in [-0.2, -0.15) is 0 Å². The minimum atomic E-state index is -2.21. The lowest BCUT2D eigenvalue weighted by Crippen LogP contribution is -2.63. The molecule has 9 N–H and O–H groups in total. The highest BCUT2D eigenvalue weighted by atomic mass is 16.7. The van der Waals surface area contributed by atoms with Crippen molar-refractivity contribution in [1.29, 1.82) is 0 Å². The summed E-state index contributed by atoms with van der Waals surface area (Å²) in [6.45, 7) is 1.43. The summed E-state index contributed by atoms with van der Waals surface area (Å²) in [4.78, 5) is 25.4. The van der Waals surface area contributed by atoms with Gasteiger partial charge in [0.25, 0.3) is 0 Å². The molecule has 0 bridgehead atoms. The van der Waals surface area contributed by atoms with E-state index in [2.05, 4.69) is 0 Å². The standard InChI is InChI=1S/C27H40O16/c1-3-12(2)27(8-17(30)31,43-25-23(37)21(35)19(33)16(10-29)42-25)26(38)39-11-13-4-6-14(7-5-13)40-24-22(36)20(34)18(32)15(9-28)41-24/h4-7,12,15-16,18-25,28-29,32-37H,3,8-11H2,1-2H3,(H,30,31)/t12-,15-,16-,18-,19-,20+,21+,22-,23-,24-,25+,27+/m1/s1. The van der Waals surface area contributed by atoms with Gasteiger partial charge in [-0.05, 0) is 23.6 Å². The van der Waals surface area contributed by atoms with Crippen molar-refractivity contribution in [3.63, 3.8) is 0 Å². The highest BCUT2D eigenvalue weighted by Gasteiger charge is 2.54.